The molecule has 0 saturated heterocycles. The van der Waals surface area contributed by atoms with Crippen LogP contribution < -0.4 is 24.8 Å². The van der Waals surface area contributed by atoms with Gasteiger partial charge in [0.15, 0.2) is 15.6 Å². The van der Waals surface area contributed by atoms with E-state index in [0.29, 0.717) is 28.6 Å². The van der Waals surface area contributed by atoms with Gasteiger partial charge in [-0.1, -0.05) is 12.6 Å². The van der Waals surface area contributed by atoms with Crippen LogP contribution in [0.5, 0.6) is 23.1 Å². The molecule has 2 N–H and O–H groups in total. The van der Waals surface area contributed by atoms with Crippen LogP contribution in [0.1, 0.15) is 0 Å². The average Bonchev–Trinajstić information content (AvgIpc) is 2.80. The van der Waals surface area contributed by atoms with Gasteiger partial charge in [0.25, 0.3) is 5.88 Å². The maximum Gasteiger partial charge on any atom is 0.267 e. The van der Waals surface area contributed by atoms with E-state index in [1.165, 1.54) is 19.4 Å². The van der Waals surface area contributed by atoms with Crippen LogP contribution in [-0.4, -0.2) is 50.0 Å². The Hall–Kier alpha value is -4.12. The highest BCUT2D eigenvalue weighted by molar-refractivity contribution is 7.90. The monoisotopic (exact) mass is 484 g/mol. The fraction of sp³-hybridized carbons (Fsp3) is 0.174. The zero-order chi connectivity index (χ0) is 24.6. The summed E-state index contributed by atoms with van der Waals surface area (Å²) < 4.78 is 39.0. The normalized spacial score (nSPS) is 10.8. The van der Waals surface area contributed by atoms with Gasteiger partial charge in [-0.05, 0) is 42.5 Å². The van der Waals surface area contributed by atoms with Crippen molar-refractivity contribution in [2.45, 2.75) is 0 Å². The molecule has 1 heterocycles. The average molecular weight is 485 g/mol. The largest absolute Gasteiger partial charge is 0.493 e. The highest BCUT2D eigenvalue weighted by atomic mass is 32.2. The van der Waals surface area contributed by atoms with Crippen molar-refractivity contribution in [3.8, 4) is 23.1 Å². The quantitative estimate of drug-likeness (QED) is 0.392. The number of nitrogens with zero attached hydrogens (tertiary/aromatic N) is 2. The fourth-order valence-electron chi connectivity index (χ4n) is 2.65. The summed E-state index contributed by atoms with van der Waals surface area (Å²) >= 11 is 0. The standard InChI is InChI=1S/C23H24N4O6S/c1-4-21(28)25-17-6-5-7-19(14-17)33-22-20(31-2)15-24-23(27-22)26-16-8-10-18(11-9-16)32-12-13-34(3,29)30/h4-11,14-15H,1,12-13H2,2-3H3,(H,25,28)(H,24,26,27). The van der Waals surface area contributed by atoms with Crippen molar-refractivity contribution >= 4 is 33.1 Å². The van der Waals surface area contributed by atoms with Crippen LogP contribution in [0.2, 0.25) is 0 Å². The molecule has 0 atom stereocenters. The summed E-state index contributed by atoms with van der Waals surface area (Å²) in [7, 11) is -1.61. The van der Waals surface area contributed by atoms with Gasteiger partial charge in [-0.25, -0.2) is 13.4 Å². The summed E-state index contributed by atoms with van der Waals surface area (Å²) in [6, 6.07) is 13.7. The number of ether oxygens (including phenoxy) is 3. The molecule has 10 nitrogen and oxygen atoms in total. The predicted molar refractivity (Wildman–Crippen MR) is 129 cm³/mol. The summed E-state index contributed by atoms with van der Waals surface area (Å²) in [5.74, 6) is 1.33. The first-order valence-corrected chi connectivity index (χ1v) is 12.1. The number of carbonyl (C=O) groups is 1. The number of sulfone groups is 1. The molecule has 3 rings (SSSR count). The summed E-state index contributed by atoms with van der Waals surface area (Å²) in [6.45, 7) is 3.50. The number of carbonyl (C=O) groups excluding carboxylic acids is 1. The SMILES string of the molecule is C=CC(=O)Nc1cccc(Oc2nc(Nc3ccc(OCCS(C)(=O)=O)cc3)ncc2OC)c1. The van der Waals surface area contributed by atoms with E-state index < -0.39 is 9.84 Å². The van der Waals surface area contributed by atoms with E-state index in [9.17, 15) is 13.2 Å². The number of rotatable bonds is 11. The van der Waals surface area contributed by atoms with Crippen molar-refractivity contribution in [3.63, 3.8) is 0 Å². The summed E-state index contributed by atoms with van der Waals surface area (Å²) in [4.78, 5) is 20.1. The molecule has 0 aliphatic carbocycles. The molecule has 178 valence electrons. The fourth-order valence-corrected chi connectivity index (χ4v) is 3.03. The first-order chi connectivity index (χ1) is 16.3. The maximum absolute atomic E-state index is 11.5. The molecule has 0 aliphatic heterocycles. The smallest absolute Gasteiger partial charge is 0.267 e. The van der Waals surface area contributed by atoms with Crippen LogP contribution >= 0.6 is 0 Å². The molecular formula is C23H24N4O6S. The van der Waals surface area contributed by atoms with Crippen molar-refractivity contribution in [3.05, 3.63) is 67.4 Å². The van der Waals surface area contributed by atoms with E-state index in [2.05, 4.69) is 27.2 Å². The molecule has 3 aromatic rings. The molecule has 0 saturated carbocycles. The molecule has 0 unspecified atom stereocenters. The lowest BCUT2D eigenvalue weighted by Gasteiger charge is -2.12. The number of hydrogen-bond acceptors (Lipinski definition) is 9. The second-order valence-electron chi connectivity index (χ2n) is 7.02. The van der Waals surface area contributed by atoms with Crippen LogP contribution in [0.15, 0.2) is 67.4 Å². The van der Waals surface area contributed by atoms with E-state index in [4.69, 9.17) is 14.2 Å². The number of hydrogen-bond donors (Lipinski definition) is 2. The third-order valence-corrected chi connectivity index (χ3v) is 5.19. The van der Waals surface area contributed by atoms with Crippen molar-refractivity contribution in [2.24, 2.45) is 0 Å². The van der Waals surface area contributed by atoms with E-state index in [0.717, 1.165) is 6.26 Å². The molecule has 2 aromatic carbocycles. The second-order valence-corrected chi connectivity index (χ2v) is 9.28. The van der Waals surface area contributed by atoms with Crippen LogP contribution in [0.25, 0.3) is 0 Å². The Kier molecular flexibility index (Phi) is 8.04. The number of aromatic nitrogens is 2. The molecule has 1 amide bonds. The van der Waals surface area contributed by atoms with Gasteiger partial charge in [0, 0.05) is 23.7 Å². The van der Waals surface area contributed by atoms with Crippen molar-refractivity contribution in [1.82, 2.24) is 9.97 Å². The minimum Gasteiger partial charge on any atom is -0.493 e. The van der Waals surface area contributed by atoms with Gasteiger partial charge in [0.2, 0.25) is 11.9 Å². The third kappa shape index (κ3) is 7.48. The molecule has 11 heteroatoms. The first kappa shape index (κ1) is 24.5. The van der Waals surface area contributed by atoms with Crippen LogP contribution in [0.3, 0.4) is 0 Å². The maximum atomic E-state index is 11.5. The van der Waals surface area contributed by atoms with Crippen LogP contribution in [0.4, 0.5) is 17.3 Å². The van der Waals surface area contributed by atoms with Crippen LogP contribution in [-0.2, 0) is 14.6 Å². The lowest BCUT2D eigenvalue weighted by atomic mass is 10.3. The first-order valence-electron chi connectivity index (χ1n) is 10.1. The topological polar surface area (TPSA) is 129 Å². The van der Waals surface area contributed by atoms with Crippen molar-refractivity contribution in [2.75, 3.05) is 36.4 Å². The number of nitrogens with one attached hydrogen (secondary N) is 2. The summed E-state index contributed by atoms with van der Waals surface area (Å²) in [5.41, 5.74) is 1.22. The van der Waals surface area contributed by atoms with Gasteiger partial charge < -0.3 is 24.8 Å². The molecule has 1 aromatic heterocycles. The molecule has 0 aliphatic rings. The van der Waals surface area contributed by atoms with E-state index in [1.54, 1.807) is 48.5 Å². The molecule has 0 fully saturated rings. The number of methoxy groups -OCH3 is 1. The Labute approximate surface area is 197 Å². The third-order valence-electron chi connectivity index (χ3n) is 4.28. The molecule has 0 bridgehead atoms. The number of benzene rings is 2. The second kappa shape index (κ2) is 11.1. The highest BCUT2D eigenvalue weighted by Gasteiger charge is 2.12. The Bertz CT molecular complexity index is 1260. The van der Waals surface area contributed by atoms with Gasteiger partial charge in [-0.3, -0.25) is 4.79 Å². The minimum absolute atomic E-state index is 0.0565. The van der Waals surface area contributed by atoms with E-state index >= 15 is 0 Å². The minimum atomic E-state index is -3.08. The van der Waals surface area contributed by atoms with Crippen LogP contribution in [0, 0.1) is 0 Å². The van der Waals surface area contributed by atoms with Crippen molar-refractivity contribution < 1.29 is 27.4 Å². The lowest BCUT2D eigenvalue weighted by Crippen LogP contribution is -2.11. The molecule has 34 heavy (non-hydrogen) atoms. The van der Waals surface area contributed by atoms with Gasteiger partial charge in [0.1, 0.15) is 18.1 Å². The zero-order valence-corrected chi connectivity index (χ0v) is 19.5. The number of amides is 1. The summed E-state index contributed by atoms with van der Waals surface area (Å²) in [5, 5.41) is 5.72. The van der Waals surface area contributed by atoms with E-state index in [-0.39, 0.29) is 30.1 Å². The molecule has 0 radical (unpaired) electrons. The predicted octanol–water partition coefficient (Wildman–Crippen LogP) is 3.57. The van der Waals surface area contributed by atoms with Gasteiger partial charge in [-0.15, -0.1) is 0 Å². The van der Waals surface area contributed by atoms with Gasteiger partial charge in [-0.2, -0.15) is 4.98 Å². The Morgan fingerprint density at radius 1 is 1.12 bits per heavy atom. The van der Waals surface area contributed by atoms with Gasteiger partial charge >= 0.3 is 0 Å². The molecule has 0 spiro atoms. The Morgan fingerprint density at radius 2 is 1.88 bits per heavy atom. The number of anilines is 3. The zero-order valence-electron chi connectivity index (χ0n) is 18.6. The van der Waals surface area contributed by atoms with Gasteiger partial charge in [0.05, 0.1) is 19.1 Å². The van der Waals surface area contributed by atoms with Crippen molar-refractivity contribution in [1.29, 1.82) is 0 Å². The lowest BCUT2D eigenvalue weighted by molar-refractivity contribution is -0.111. The molecular weight excluding hydrogens is 460 g/mol. The Morgan fingerprint density at radius 3 is 2.56 bits per heavy atom. The summed E-state index contributed by atoms with van der Waals surface area (Å²) in [6.07, 6.45) is 3.80. The highest BCUT2D eigenvalue weighted by Crippen LogP contribution is 2.31. The Balaban J connectivity index is 1.70. The van der Waals surface area contributed by atoms with E-state index in [1.807, 2.05) is 0 Å².